The summed E-state index contributed by atoms with van der Waals surface area (Å²) in [5.74, 6) is 3.33. The van der Waals surface area contributed by atoms with Crippen molar-refractivity contribution in [2.24, 2.45) is 0 Å². The van der Waals surface area contributed by atoms with Gasteiger partial charge in [0.15, 0.2) is 5.65 Å². The van der Waals surface area contributed by atoms with Gasteiger partial charge in [-0.15, -0.1) is 0 Å². The summed E-state index contributed by atoms with van der Waals surface area (Å²) < 4.78 is 2.30. The molecule has 20 heavy (non-hydrogen) atoms. The molecule has 0 aromatic carbocycles. The molecule has 4 nitrogen and oxygen atoms in total. The van der Waals surface area contributed by atoms with Gasteiger partial charge in [-0.2, -0.15) is 11.8 Å². The Hall–Kier alpha value is -1.88. The predicted molar refractivity (Wildman–Crippen MR) is 81.7 cm³/mol. The summed E-state index contributed by atoms with van der Waals surface area (Å²) in [6.07, 6.45) is 6.69. The zero-order valence-corrected chi connectivity index (χ0v) is 11.8. The van der Waals surface area contributed by atoms with E-state index in [0.29, 0.717) is 6.04 Å². The number of aromatic nitrogens is 4. The number of fused-ring (bicyclic) bond motifs is 1. The second kappa shape index (κ2) is 4.90. The van der Waals surface area contributed by atoms with Crippen LogP contribution in [0.25, 0.3) is 22.6 Å². The molecule has 0 N–H and O–H groups in total. The number of hydrogen-bond acceptors (Lipinski definition) is 4. The molecule has 4 heterocycles. The normalized spacial score (nSPS) is 18.7. The van der Waals surface area contributed by atoms with Crippen molar-refractivity contribution in [1.29, 1.82) is 0 Å². The first-order valence-electron chi connectivity index (χ1n) is 6.74. The van der Waals surface area contributed by atoms with Gasteiger partial charge in [0.1, 0.15) is 11.3 Å². The summed E-state index contributed by atoms with van der Waals surface area (Å²) in [6.45, 7) is 0. The van der Waals surface area contributed by atoms with Crippen molar-refractivity contribution in [3.63, 3.8) is 0 Å². The maximum atomic E-state index is 4.78. The number of hydrogen-bond donors (Lipinski definition) is 0. The van der Waals surface area contributed by atoms with E-state index in [9.17, 15) is 0 Å². The number of imidazole rings is 1. The standard InChI is InChI=1S/C15H14N4S/c1-3-11(9-16-6-1)14-18-13-4-2-7-17-15(13)19(14)12-5-8-20-10-12/h1-4,6-7,9,12H,5,8,10H2. The van der Waals surface area contributed by atoms with Crippen LogP contribution in [0.1, 0.15) is 12.5 Å². The third-order valence-corrected chi connectivity index (χ3v) is 4.78. The molecule has 1 aliphatic rings. The lowest BCUT2D eigenvalue weighted by atomic mass is 10.2. The monoisotopic (exact) mass is 282 g/mol. The van der Waals surface area contributed by atoms with E-state index < -0.39 is 0 Å². The first-order chi connectivity index (χ1) is 9.93. The first-order valence-corrected chi connectivity index (χ1v) is 7.90. The van der Waals surface area contributed by atoms with Crippen LogP contribution >= 0.6 is 11.8 Å². The quantitative estimate of drug-likeness (QED) is 0.724. The molecule has 0 saturated carbocycles. The van der Waals surface area contributed by atoms with E-state index in [2.05, 4.69) is 20.6 Å². The van der Waals surface area contributed by atoms with Gasteiger partial charge in [-0.1, -0.05) is 0 Å². The fourth-order valence-electron chi connectivity index (χ4n) is 2.70. The molecule has 0 aliphatic carbocycles. The highest BCUT2D eigenvalue weighted by molar-refractivity contribution is 7.99. The summed E-state index contributed by atoms with van der Waals surface area (Å²) in [7, 11) is 0. The van der Waals surface area contributed by atoms with Crippen LogP contribution < -0.4 is 0 Å². The Morgan fingerprint density at radius 3 is 2.95 bits per heavy atom. The Morgan fingerprint density at radius 2 is 2.15 bits per heavy atom. The minimum atomic E-state index is 0.482. The van der Waals surface area contributed by atoms with E-state index in [1.165, 1.54) is 12.2 Å². The number of thioether (sulfide) groups is 1. The third-order valence-electron chi connectivity index (χ3n) is 3.64. The van der Waals surface area contributed by atoms with Crippen molar-refractivity contribution in [2.45, 2.75) is 12.5 Å². The highest BCUT2D eigenvalue weighted by atomic mass is 32.2. The van der Waals surface area contributed by atoms with Gasteiger partial charge in [-0.05, 0) is 36.4 Å². The molecule has 1 saturated heterocycles. The lowest BCUT2D eigenvalue weighted by Gasteiger charge is -2.14. The lowest BCUT2D eigenvalue weighted by Crippen LogP contribution is -2.10. The lowest BCUT2D eigenvalue weighted by molar-refractivity contribution is 0.577. The number of rotatable bonds is 2. The molecule has 100 valence electrons. The van der Waals surface area contributed by atoms with Gasteiger partial charge in [0, 0.05) is 35.9 Å². The Balaban J connectivity index is 1.97. The maximum Gasteiger partial charge on any atom is 0.160 e. The van der Waals surface area contributed by atoms with Gasteiger partial charge in [-0.3, -0.25) is 4.98 Å². The Labute approximate surface area is 121 Å². The van der Waals surface area contributed by atoms with Crippen LogP contribution in [0.4, 0.5) is 0 Å². The van der Waals surface area contributed by atoms with E-state index in [1.54, 1.807) is 6.20 Å². The van der Waals surface area contributed by atoms with Crippen molar-refractivity contribution in [3.8, 4) is 11.4 Å². The highest BCUT2D eigenvalue weighted by Crippen LogP contribution is 2.34. The third kappa shape index (κ3) is 1.89. The van der Waals surface area contributed by atoms with Crippen molar-refractivity contribution >= 4 is 22.9 Å². The zero-order chi connectivity index (χ0) is 13.4. The van der Waals surface area contributed by atoms with Crippen LogP contribution in [0.5, 0.6) is 0 Å². The fraction of sp³-hybridized carbons (Fsp3) is 0.267. The Morgan fingerprint density at radius 1 is 1.20 bits per heavy atom. The van der Waals surface area contributed by atoms with E-state index in [1.807, 2.05) is 42.4 Å². The van der Waals surface area contributed by atoms with Crippen molar-refractivity contribution < 1.29 is 0 Å². The Bertz CT molecular complexity index is 732. The van der Waals surface area contributed by atoms with E-state index in [4.69, 9.17) is 4.98 Å². The predicted octanol–water partition coefficient (Wildman–Crippen LogP) is 3.17. The van der Waals surface area contributed by atoms with Crippen molar-refractivity contribution in [1.82, 2.24) is 19.5 Å². The van der Waals surface area contributed by atoms with Gasteiger partial charge in [0.2, 0.25) is 0 Å². The van der Waals surface area contributed by atoms with Crippen molar-refractivity contribution in [2.75, 3.05) is 11.5 Å². The summed E-state index contributed by atoms with van der Waals surface area (Å²) >= 11 is 2.00. The van der Waals surface area contributed by atoms with Gasteiger partial charge in [-0.25, -0.2) is 9.97 Å². The van der Waals surface area contributed by atoms with Crippen LogP contribution in [-0.2, 0) is 0 Å². The average molecular weight is 282 g/mol. The molecule has 1 aliphatic heterocycles. The minimum absolute atomic E-state index is 0.482. The number of pyridine rings is 2. The van der Waals surface area contributed by atoms with Gasteiger partial charge >= 0.3 is 0 Å². The average Bonchev–Trinajstić information content (AvgIpc) is 3.14. The fourth-order valence-corrected chi connectivity index (χ4v) is 3.89. The minimum Gasteiger partial charge on any atom is -0.305 e. The molecule has 1 fully saturated rings. The second-order valence-corrected chi connectivity index (χ2v) is 6.06. The van der Waals surface area contributed by atoms with Crippen LogP contribution in [0.15, 0.2) is 42.9 Å². The molecule has 3 aromatic heterocycles. The van der Waals surface area contributed by atoms with E-state index in [-0.39, 0.29) is 0 Å². The van der Waals surface area contributed by atoms with Crippen LogP contribution in [0.3, 0.4) is 0 Å². The van der Waals surface area contributed by atoms with Gasteiger partial charge in [0.05, 0.1) is 0 Å². The zero-order valence-electron chi connectivity index (χ0n) is 10.9. The molecule has 0 radical (unpaired) electrons. The van der Waals surface area contributed by atoms with Gasteiger partial charge < -0.3 is 4.57 Å². The first kappa shape index (κ1) is 11.9. The molecule has 0 bridgehead atoms. The molecule has 0 amide bonds. The molecular weight excluding hydrogens is 268 g/mol. The maximum absolute atomic E-state index is 4.78. The molecule has 5 heteroatoms. The summed E-state index contributed by atoms with van der Waals surface area (Å²) in [5, 5.41) is 0. The van der Waals surface area contributed by atoms with Gasteiger partial charge in [0.25, 0.3) is 0 Å². The SMILES string of the molecule is c1cncc(-c2nc3cccnc3n2C2CCSC2)c1. The van der Waals surface area contributed by atoms with Crippen LogP contribution in [-0.4, -0.2) is 31.0 Å². The summed E-state index contributed by atoms with van der Waals surface area (Å²) in [4.78, 5) is 13.5. The Kier molecular flexibility index (Phi) is 2.92. The van der Waals surface area contributed by atoms with E-state index in [0.717, 1.165) is 28.3 Å². The molecule has 4 rings (SSSR count). The summed E-state index contributed by atoms with van der Waals surface area (Å²) in [6, 6.07) is 8.47. The van der Waals surface area contributed by atoms with Crippen LogP contribution in [0.2, 0.25) is 0 Å². The molecule has 3 aromatic rings. The number of nitrogens with zero attached hydrogens (tertiary/aromatic N) is 4. The highest BCUT2D eigenvalue weighted by Gasteiger charge is 2.24. The van der Waals surface area contributed by atoms with Crippen LogP contribution in [0, 0.1) is 0 Å². The van der Waals surface area contributed by atoms with E-state index >= 15 is 0 Å². The molecule has 1 atom stereocenters. The molecule has 0 spiro atoms. The second-order valence-electron chi connectivity index (χ2n) is 4.91. The smallest absolute Gasteiger partial charge is 0.160 e. The topological polar surface area (TPSA) is 43.6 Å². The van der Waals surface area contributed by atoms with Crippen molar-refractivity contribution in [3.05, 3.63) is 42.9 Å². The molecular formula is C15H14N4S. The largest absolute Gasteiger partial charge is 0.305 e. The summed E-state index contributed by atoms with van der Waals surface area (Å²) in [5.41, 5.74) is 3.00. The molecule has 1 unspecified atom stereocenters.